The average Bonchev–Trinajstić information content (AvgIpc) is 3.37. The fourth-order valence-electron chi connectivity index (χ4n) is 3.77. The molecule has 0 spiro atoms. The van der Waals surface area contributed by atoms with Crippen molar-refractivity contribution in [2.75, 3.05) is 12.3 Å². The molecular formula is C20H25N5O2S. The van der Waals surface area contributed by atoms with Gasteiger partial charge in [-0.1, -0.05) is 25.1 Å². The van der Waals surface area contributed by atoms with Gasteiger partial charge in [0.15, 0.2) is 0 Å². The van der Waals surface area contributed by atoms with Crippen molar-refractivity contribution in [3.05, 3.63) is 36.7 Å². The number of rotatable bonds is 8. The predicted molar refractivity (Wildman–Crippen MR) is 112 cm³/mol. The number of H-pyrrole nitrogens is 1. The molecule has 28 heavy (non-hydrogen) atoms. The number of imidazole rings is 1. The molecular weight excluding hydrogens is 374 g/mol. The zero-order valence-electron chi connectivity index (χ0n) is 15.7. The monoisotopic (exact) mass is 399 g/mol. The van der Waals surface area contributed by atoms with Crippen LogP contribution in [-0.4, -0.2) is 51.5 Å². The summed E-state index contributed by atoms with van der Waals surface area (Å²) in [7, 11) is 0. The minimum Gasteiger partial charge on any atom is -0.352 e. The van der Waals surface area contributed by atoms with Crippen LogP contribution in [0.25, 0.3) is 16.6 Å². The summed E-state index contributed by atoms with van der Waals surface area (Å²) in [5, 5.41) is 9.33. The Morgan fingerprint density at radius 3 is 3.00 bits per heavy atom. The van der Waals surface area contributed by atoms with E-state index in [9.17, 15) is 9.59 Å². The lowest BCUT2D eigenvalue weighted by Crippen LogP contribution is -2.36. The largest absolute Gasteiger partial charge is 0.352 e. The fraction of sp³-hybridized carbons (Fsp3) is 0.450. The van der Waals surface area contributed by atoms with Gasteiger partial charge in [0.05, 0.1) is 23.1 Å². The number of carbonyl (C=O) groups is 2. The minimum atomic E-state index is -0.0515. The number of benzene rings is 1. The van der Waals surface area contributed by atoms with Crippen molar-refractivity contribution >= 4 is 40.3 Å². The number of hydrogen-bond donors (Lipinski definition) is 4. The fourth-order valence-corrected chi connectivity index (χ4v) is 5.32. The first kappa shape index (κ1) is 18.9. The summed E-state index contributed by atoms with van der Waals surface area (Å²) in [5.74, 6) is 1.71. The molecule has 8 heteroatoms. The third-order valence-electron chi connectivity index (χ3n) is 5.30. The number of hydrogen-bond acceptors (Lipinski definition) is 4. The number of aromatic nitrogens is 2. The van der Waals surface area contributed by atoms with Crippen molar-refractivity contribution < 1.29 is 9.59 Å². The molecule has 7 nitrogen and oxygen atoms in total. The molecule has 1 aromatic carbocycles. The van der Waals surface area contributed by atoms with Crippen molar-refractivity contribution in [3.63, 3.8) is 0 Å². The Hall–Kier alpha value is -2.48. The van der Waals surface area contributed by atoms with Crippen molar-refractivity contribution in [2.24, 2.45) is 0 Å². The van der Waals surface area contributed by atoms with E-state index in [4.69, 9.17) is 0 Å². The van der Waals surface area contributed by atoms with Crippen LogP contribution in [0, 0.1) is 0 Å². The van der Waals surface area contributed by atoms with Crippen LogP contribution in [0.2, 0.25) is 0 Å². The Labute approximate surface area is 168 Å². The first-order valence-electron chi connectivity index (χ1n) is 9.68. The number of thioether (sulfide) groups is 1. The number of amides is 3. The van der Waals surface area contributed by atoms with E-state index >= 15 is 0 Å². The van der Waals surface area contributed by atoms with Gasteiger partial charge in [0.1, 0.15) is 5.82 Å². The van der Waals surface area contributed by atoms with Crippen molar-refractivity contribution in [1.29, 1.82) is 0 Å². The molecule has 4 N–H and O–H groups in total. The zero-order valence-corrected chi connectivity index (χ0v) is 16.5. The lowest BCUT2D eigenvalue weighted by Gasteiger charge is -2.16. The van der Waals surface area contributed by atoms with E-state index in [1.165, 1.54) is 0 Å². The predicted octanol–water partition coefficient (Wildman–Crippen LogP) is 2.42. The van der Waals surface area contributed by atoms with Crippen LogP contribution in [0.3, 0.4) is 0 Å². The molecule has 4 rings (SSSR count). The van der Waals surface area contributed by atoms with Gasteiger partial charge in [-0.05, 0) is 25.0 Å². The number of carbonyl (C=O) groups excluding carboxylic acids is 2. The zero-order chi connectivity index (χ0) is 19.5. The molecule has 0 saturated carbocycles. The lowest BCUT2D eigenvalue weighted by atomic mass is 10.0. The minimum absolute atomic E-state index is 0.0325. The van der Waals surface area contributed by atoms with Crippen LogP contribution >= 0.6 is 11.8 Å². The Morgan fingerprint density at radius 2 is 2.14 bits per heavy atom. The summed E-state index contributed by atoms with van der Waals surface area (Å²) in [6, 6.07) is 8.25. The number of para-hydroxylation sites is 2. The van der Waals surface area contributed by atoms with Crippen LogP contribution in [0.15, 0.2) is 30.8 Å². The van der Waals surface area contributed by atoms with Gasteiger partial charge >= 0.3 is 6.03 Å². The van der Waals surface area contributed by atoms with E-state index in [-0.39, 0.29) is 24.0 Å². The first-order valence-corrected chi connectivity index (χ1v) is 10.7. The third-order valence-corrected chi connectivity index (χ3v) is 6.81. The van der Waals surface area contributed by atoms with E-state index < -0.39 is 0 Å². The topological polar surface area (TPSA) is 98.9 Å². The van der Waals surface area contributed by atoms with Crippen molar-refractivity contribution in [2.45, 2.75) is 43.0 Å². The Kier molecular flexibility index (Phi) is 5.57. The van der Waals surface area contributed by atoms with Gasteiger partial charge in [-0.2, -0.15) is 11.8 Å². The maximum atomic E-state index is 12.1. The molecule has 3 heterocycles. The van der Waals surface area contributed by atoms with Gasteiger partial charge in [-0.25, -0.2) is 9.78 Å². The second-order valence-electron chi connectivity index (χ2n) is 7.35. The summed E-state index contributed by atoms with van der Waals surface area (Å²) in [6.45, 7) is 4.41. The number of fused-ring (bicyclic) bond motifs is 2. The number of nitrogens with zero attached hydrogens (tertiary/aromatic N) is 1. The molecule has 2 aliphatic heterocycles. The first-order chi connectivity index (χ1) is 13.6. The lowest BCUT2D eigenvalue weighted by molar-refractivity contribution is -0.120. The molecule has 2 fully saturated rings. The summed E-state index contributed by atoms with van der Waals surface area (Å²) in [4.78, 5) is 31.2. The molecule has 0 bridgehead atoms. The molecule has 3 atom stereocenters. The van der Waals surface area contributed by atoms with E-state index in [0.29, 0.717) is 24.0 Å². The highest BCUT2D eigenvalue weighted by atomic mass is 32.2. The van der Waals surface area contributed by atoms with E-state index in [1.54, 1.807) is 0 Å². The second-order valence-corrected chi connectivity index (χ2v) is 8.62. The van der Waals surface area contributed by atoms with Crippen LogP contribution in [-0.2, 0) is 4.79 Å². The average molecular weight is 400 g/mol. The van der Waals surface area contributed by atoms with Gasteiger partial charge in [0, 0.05) is 29.5 Å². The highest BCUT2D eigenvalue weighted by Crippen LogP contribution is 2.33. The van der Waals surface area contributed by atoms with Crippen molar-refractivity contribution in [1.82, 2.24) is 25.9 Å². The van der Waals surface area contributed by atoms with Gasteiger partial charge in [0.2, 0.25) is 5.91 Å². The van der Waals surface area contributed by atoms with Crippen LogP contribution in [0.1, 0.15) is 31.5 Å². The molecule has 3 amide bonds. The molecule has 1 aromatic heterocycles. The highest BCUT2D eigenvalue weighted by molar-refractivity contribution is 8.00. The normalized spacial score (nSPS) is 23.3. The summed E-state index contributed by atoms with van der Waals surface area (Å²) < 4.78 is 0. The van der Waals surface area contributed by atoms with Crippen LogP contribution in [0.5, 0.6) is 0 Å². The smallest absolute Gasteiger partial charge is 0.315 e. The quantitative estimate of drug-likeness (QED) is 0.405. The summed E-state index contributed by atoms with van der Waals surface area (Å²) in [6.07, 6.45) is 3.35. The molecule has 2 saturated heterocycles. The highest BCUT2D eigenvalue weighted by Gasteiger charge is 2.42. The summed E-state index contributed by atoms with van der Waals surface area (Å²) in [5.41, 5.74) is 2.62. The molecule has 2 aromatic rings. The van der Waals surface area contributed by atoms with Crippen LogP contribution < -0.4 is 16.0 Å². The number of unbranched alkanes of at least 4 members (excludes halogenated alkanes) is 1. The SMILES string of the molecule is C=C(CNC(=O)CCCC[C@@H]1SC[C@@H]2NC(=O)N[C@@H]21)c1nc2ccccc2[nH]1. The number of aromatic amines is 1. The van der Waals surface area contributed by atoms with Gasteiger partial charge < -0.3 is 20.9 Å². The van der Waals surface area contributed by atoms with Gasteiger partial charge in [-0.15, -0.1) is 0 Å². The Morgan fingerprint density at radius 1 is 1.29 bits per heavy atom. The van der Waals surface area contributed by atoms with Crippen molar-refractivity contribution in [3.8, 4) is 0 Å². The molecule has 148 valence electrons. The maximum absolute atomic E-state index is 12.1. The second kappa shape index (κ2) is 8.26. The van der Waals surface area contributed by atoms with E-state index in [0.717, 1.165) is 41.6 Å². The number of urea groups is 1. The Bertz CT molecular complexity index is 863. The number of nitrogens with one attached hydrogen (secondary N) is 4. The maximum Gasteiger partial charge on any atom is 0.315 e. The molecule has 0 radical (unpaired) electrons. The third kappa shape index (κ3) is 4.16. The van der Waals surface area contributed by atoms with E-state index in [1.807, 2.05) is 36.0 Å². The van der Waals surface area contributed by atoms with Gasteiger partial charge in [-0.3, -0.25) is 4.79 Å². The standard InChI is InChI=1S/C20H25N5O2S/c1-12(19-22-13-6-2-3-7-14(13)23-19)10-21-17(26)9-5-4-8-16-18-15(11-28-16)24-20(27)25-18/h2-3,6-7,15-16,18H,1,4-5,8-11H2,(H,21,26)(H,22,23)(H2,24,25,27)/t15-,16-,18-/m0/s1. The summed E-state index contributed by atoms with van der Waals surface area (Å²) >= 11 is 1.91. The Balaban J connectivity index is 1.15. The van der Waals surface area contributed by atoms with E-state index in [2.05, 4.69) is 32.5 Å². The molecule has 0 aliphatic carbocycles. The van der Waals surface area contributed by atoms with Gasteiger partial charge in [0.25, 0.3) is 0 Å². The molecule has 0 unspecified atom stereocenters. The molecule has 2 aliphatic rings. The van der Waals surface area contributed by atoms with Crippen LogP contribution in [0.4, 0.5) is 4.79 Å².